The Bertz CT molecular complexity index is 695. The van der Waals surface area contributed by atoms with Crippen molar-refractivity contribution >= 4 is 16.6 Å². The first-order valence-electron chi connectivity index (χ1n) is 6.52. The third kappa shape index (κ3) is 2.60. The van der Waals surface area contributed by atoms with Crippen LogP contribution in [-0.4, -0.2) is 21.8 Å². The molecule has 0 aliphatic heterocycles. The Labute approximate surface area is 117 Å². The molecule has 3 rings (SSSR count). The van der Waals surface area contributed by atoms with Crippen molar-refractivity contribution in [3.8, 4) is 0 Å². The zero-order chi connectivity index (χ0) is 13.8. The summed E-state index contributed by atoms with van der Waals surface area (Å²) in [5.41, 5.74) is 2.61. The van der Waals surface area contributed by atoms with Crippen molar-refractivity contribution in [1.29, 1.82) is 0 Å². The van der Waals surface area contributed by atoms with Crippen LogP contribution in [0.15, 0.2) is 60.8 Å². The van der Waals surface area contributed by atoms with Gasteiger partial charge in [0, 0.05) is 11.9 Å². The van der Waals surface area contributed by atoms with E-state index < -0.39 is 6.10 Å². The third-order valence-corrected chi connectivity index (χ3v) is 3.22. The molecular weight excluding hydrogens is 250 g/mol. The molecule has 0 aliphatic carbocycles. The molecule has 0 aliphatic rings. The van der Waals surface area contributed by atoms with Gasteiger partial charge in [0.05, 0.1) is 23.5 Å². The van der Waals surface area contributed by atoms with Gasteiger partial charge in [-0.25, -0.2) is 0 Å². The summed E-state index contributed by atoms with van der Waals surface area (Å²) in [6, 6.07) is 17.4. The Hall–Kier alpha value is -2.46. The molecule has 4 nitrogen and oxygen atoms in total. The highest BCUT2D eigenvalue weighted by molar-refractivity contribution is 5.90. The van der Waals surface area contributed by atoms with Crippen LogP contribution in [0.4, 0.5) is 5.69 Å². The van der Waals surface area contributed by atoms with Crippen molar-refractivity contribution in [2.24, 2.45) is 0 Å². The molecular formula is C16H15N3O. The van der Waals surface area contributed by atoms with E-state index in [1.807, 2.05) is 54.6 Å². The van der Waals surface area contributed by atoms with Crippen molar-refractivity contribution in [3.05, 3.63) is 66.4 Å². The van der Waals surface area contributed by atoms with Gasteiger partial charge in [0.25, 0.3) is 0 Å². The molecule has 1 heterocycles. The molecule has 1 aromatic heterocycles. The van der Waals surface area contributed by atoms with Gasteiger partial charge in [0.1, 0.15) is 0 Å². The van der Waals surface area contributed by atoms with Gasteiger partial charge in [-0.05, 0) is 11.6 Å². The molecule has 2 N–H and O–H groups in total. The molecule has 0 saturated carbocycles. The summed E-state index contributed by atoms with van der Waals surface area (Å²) in [7, 11) is 0. The summed E-state index contributed by atoms with van der Waals surface area (Å²) in [4.78, 5) is 0. The lowest BCUT2D eigenvalue weighted by Crippen LogP contribution is -2.12. The topological polar surface area (TPSA) is 58.0 Å². The molecule has 0 bridgehead atoms. The normalized spacial score (nSPS) is 12.2. The van der Waals surface area contributed by atoms with E-state index in [4.69, 9.17) is 0 Å². The van der Waals surface area contributed by atoms with E-state index >= 15 is 0 Å². The minimum atomic E-state index is -0.553. The Morgan fingerprint density at radius 1 is 1.00 bits per heavy atom. The maximum Gasteiger partial charge on any atom is 0.0962 e. The molecule has 0 radical (unpaired) electrons. The fourth-order valence-corrected chi connectivity index (χ4v) is 2.15. The van der Waals surface area contributed by atoms with Crippen LogP contribution in [0.5, 0.6) is 0 Å². The molecule has 2 aromatic carbocycles. The first-order chi connectivity index (χ1) is 9.84. The first kappa shape index (κ1) is 12.6. The second kappa shape index (κ2) is 5.67. The predicted octanol–water partition coefficient (Wildman–Crippen LogP) is 2.78. The molecule has 0 spiro atoms. The van der Waals surface area contributed by atoms with E-state index in [0.717, 1.165) is 22.2 Å². The lowest BCUT2D eigenvalue weighted by atomic mass is 10.1. The van der Waals surface area contributed by atoms with E-state index in [-0.39, 0.29) is 0 Å². The molecule has 4 heteroatoms. The number of fused-ring (bicyclic) bond motifs is 1. The number of hydrogen-bond donors (Lipinski definition) is 2. The number of benzene rings is 2. The van der Waals surface area contributed by atoms with Crippen LogP contribution >= 0.6 is 0 Å². The van der Waals surface area contributed by atoms with Gasteiger partial charge < -0.3 is 10.4 Å². The van der Waals surface area contributed by atoms with Crippen molar-refractivity contribution in [3.63, 3.8) is 0 Å². The molecule has 0 saturated heterocycles. The SMILES string of the molecule is OC(CNc1cnnc2ccccc12)c1ccccc1. The van der Waals surface area contributed by atoms with Crippen molar-refractivity contribution in [1.82, 2.24) is 10.2 Å². The van der Waals surface area contributed by atoms with Crippen LogP contribution in [0.1, 0.15) is 11.7 Å². The standard InChI is InChI=1S/C16H15N3O/c20-16(12-6-2-1-3-7-12)11-17-15-10-18-19-14-9-5-4-8-13(14)15/h1-10,16,20H,11H2,(H,17,19). The van der Waals surface area contributed by atoms with E-state index in [0.29, 0.717) is 6.54 Å². The summed E-state index contributed by atoms with van der Waals surface area (Å²) in [6.07, 6.45) is 1.13. The van der Waals surface area contributed by atoms with Crippen LogP contribution in [0.25, 0.3) is 10.9 Å². The Morgan fingerprint density at radius 3 is 2.60 bits per heavy atom. The number of aliphatic hydroxyl groups is 1. The minimum absolute atomic E-state index is 0.430. The fourth-order valence-electron chi connectivity index (χ4n) is 2.15. The lowest BCUT2D eigenvalue weighted by molar-refractivity contribution is 0.191. The fraction of sp³-hybridized carbons (Fsp3) is 0.125. The largest absolute Gasteiger partial charge is 0.387 e. The summed E-state index contributed by atoms with van der Waals surface area (Å²) in [5, 5.41) is 22.4. The third-order valence-electron chi connectivity index (χ3n) is 3.22. The molecule has 0 fully saturated rings. The molecule has 100 valence electrons. The van der Waals surface area contributed by atoms with Crippen molar-refractivity contribution in [2.45, 2.75) is 6.10 Å². The Balaban J connectivity index is 1.77. The average molecular weight is 265 g/mol. The smallest absolute Gasteiger partial charge is 0.0962 e. The van der Waals surface area contributed by atoms with E-state index in [9.17, 15) is 5.11 Å². The van der Waals surface area contributed by atoms with Crippen LogP contribution < -0.4 is 5.32 Å². The van der Waals surface area contributed by atoms with Gasteiger partial charge in [-0.3, -0.25) is 0 Å². The van der Waals surface area contributed by atoms with Crippen LogP contribution in [0, 0.1) is 0 Å². The number of anilines is 1. The zero-order valence-electron chi connectivity index (χ0n) is 10.9. The van der Waals surface area contributed by atoms with Gasteiger partial charge in [0.2, 0.25) is 0 Å². The number of nitrogens with one attached hydrogen (secondary N) is 1. The van der Waals surface area contributed by atoms with Gasteiger partial charge in [-0.15, -0.1) is 0 Å². The molecule has 3 aromatic rings. The predicted molar refractivity (Wildman–Crippen MR) is 79.4 cm³/mol. The quantitative estimate of drug-likeness (QED) is 0.761. The van der Waals surface area contributed by atoms with E-state index in [2.05, 4.69) is 15.5 Å². The first-order valence-corrected chi connectivity index (χ1v) is 6.52. The lowest BCUT2D eigenvalue weighted by Gasteiger charge is -2.14. The summed E-state index contributed by atoms with van der Waals surface area (Å²) >= 11 is 0. The molecule has 0 amide bonds. The summed E-state index contributed by atoms with van der Waals surface area (Å²) < 4.78 is 0. The molecule has 20 heavy (non-hydrogen) atoms. The highest BCUT2D eigenvalue weighted by Crippen LogP contribution is 2.21. The van der Waals surface area contributed by atoms with Gasteiger partial charge in [-0.2, -0.15) is 10.2 Å². The average Bonchev–Trinajstić information content (AvgIpc) is 2.53. The Morgan fingerprint density at radius 2 is 1.75 bits per heavy atom. The molecule has 1 atom stereocenters. The van der Waals surface area contributed by atoms with Crippen molar-refractivity contribution in [2.75, 3.05) is 11.9 Å². The van der Waals surface area contributed by atoms with Gasteiger partial charge in [0.15, 0.2) is 0 Å². The highest BCUT2D eigenvalue weighted by Gasteiger charge is 2.08. The van der Waals surface area contributed by atoms with Crippen LogP contribution in [0.3, 0.4) is 0 Å². The highest BCUT2D eigenvalue weighted by atomic mass is 16.3. The second-order valence-electron chi connectivity index (χ2n) is 4.58. The van der Waals surface area contributed by atoms with E-state index in [1.165, 1.54) is 0 Å². The summed E-state index contributed by atoms with van der Waals surface area (Å²) in [6.45, 7) is 0.430. The molecule has 1 unspecified atom stereocenters. The van der Waals surface area contributed by atoms with Gasteiger partial charge >= 0.3 is 0 Å². The maximum absolute atomic E-state index is 10.2. The number of hydrogen-bond acceptors (Lipinski definition) is 4. The minimum Gasteiger partial charge on any atom is -0.387 e. The number of aliphatic hydroxyl groups excluding tert-OH is 1. The zero-order valence-corrected chi connectivity index (χ0v) is 10.9. The number of aromatic nitrogens is 2. The summed E-state index contributed by atoms with van der Waals surface area (Å²) in [5.74, 6) is 0. The number of rotatable bonds is 4. The van der Waals surface area contributed by atoms with Crippen LogP contribution in [0.2, 0.25) is 0 Å². The second-order valence-corrected chi connectivity index (χ2v) is 4.58. The number of nitrogens with zero attached hydrogens (tertiary/aromatic N) is 2. The Kier molecular flexibility index (Phi) is 3.56. The maximum atomic E-state index is 10.2. The van der Waals surface area contributed by atoms with Crippen molar-refractivity contribution < 1.29 is 5.11 Å². The van der Waals surface area contributed by atoms with Crippen LogP contribution in [-0.2, 0) is 0 Å². The monoisotopic (exact) mass is 265 g/mol. The van der Waals surface area contributed by atoms with Gasteiger partial charge in [-0.1, -0.05) is 48.5 Å². The van der Waals surface area contributed by atoms with E-state index in [1.54, 1.807) is 6.20 Å².